The summed E-state index contributed by atoms with van der Waals surface area (Å²) in [4.78, 5) is 0. The molecule has 1 aliphatic rings. The van der Waals surface area contributed by atoms with Crippen LogP contribution < -0.4 is 5.32 Å². The molecule has 0 fully saturated rings. The summed E-state index contributed by atoms with van der Waals surface area (Å²) in [6.45, 7) is 7.69. The summed E-state index contributed by atoms with van der Waals surface area (Å²) in [5.74, 6) is 0. The predicted octanol–water partition coefficient (Wildman–Crippen LogP) is 4.96. The highest BCUT2D eigenvalue weighted by atomic mass is 14.9. The van der Waals surface area contributed by atoms with Gasteiger partial charge in [0.25, 0.3) is 0 Å². The van der Waals surface area contributed by atoms with Crippen molar-refractivity contribution in [2.45, 2.75) is 46.1 Å². The SMILES string of the molecule is CCCNC1CCc2cc(-c3cc(C)cc(C)c3)ccc21. The van der Waals surface area contributed by atoms with E-state index >= 15 is 0 Å². The zero-order valence-corrected chi connectivity index (χ0v) is 13.4. The number of benzene rings is 2. The standard InChI is InChI=1S/C20H25N/c1-4-9-21-20-8-6-17-13-16(5-7-19(17)20)18-11-14(2)10-15(3)12-18/h5,7,10-13,20-21H,4,6,8-9H2,1-3H3. The van der Waals surface area contributed by atoms with Crippen molar-refractivity contribution in [3.05, 3.63) is 58.7 Å². The van der Waals surface area contributed by atoms with Gasteiger partial charge in [-0.2, -0.15) is 0 Å². The van der Waals surface area contributed by atoms with Gasteiger partial charge < -0.3 is 5.32 Å². The lowest BCUT2D eigenvalue weighted by Crippen LogP contribution is -2.19. The number of fused-ring (bicyclic) bond motifs is 1. The zero-order valence-electron chi connectivity index (χ0n) is 13.4. The van der Waals surface area contributed by atoms with Gasteiger partial charge in [-0.25, -0.2) is 0 Å². The van der Waals surface area contributed by atoms with Crippen LogP contribution in [0, 0.1) is 13.8 Å². The highest BCUT2D eigenvalue weighted by Gasteiger charge is 2.21. The smallest absolute Gasteiger partial charge is 0.0326 e. The highest BCUT2D eigenvalue weighted by molar-refractivity contribution is 5.67. The van der Waals surface area contributed by atoms with Gasteiger partial charge in [0.05, 0.1) is 0 Å². The Balaban J connectivity index is 1.90. The number of hydrogen-bond donors (Lipinski definition) is 1. The van der Waals surface area contributed by atoms with E-state index in [0.29, 0.717) is 6.04 Å². The predicted molar refractivity (Wildman–Crippen MR) is 90.7 cm³/mol. The van der Waals surface area contributed by atoms with Crippen molar-refractivity contribution in [2.24, 2.45) is 0 Å². The van der Waals surface area contributed by atoms with Gasteiger partial charge in [0.2, 0.25) is 0 Å². The second-order valence-corrected chi connectivity index (χ2v) is 6.34. The maximum atomic E-state index is 3.66. The molecule has 0 saturated carbocycles. The summed E-state index contributed by atoms with van der Waals surface area (Å²) in [6, 6.07) is 14.4. The minimum absolute atomic E-state index is 0.563. The lowest BCUT2D eigenvalue weighted by molar-refractivity contribution is 0.529. The fraction of sp³-hybridized carbons (Fsp3) is 0.400. The Morgan fingerprint density at radius 2 is 1.76 bits per heavy atom. The Bertz CT molecular complexity index is 622. The van der Waals surface area contributed by atoms with E-state index in [1.807, 2.05) is 0 Å². The van der Waals surface area contributed by atoms with Gasteiger partial charge >= 0.3 is 0 Å². The van der Waals surface area contributed by atoms with Crippen LogP contribution in [0.25, 0.3) is 11.1 Å². The van der Waals surface area contributed by atoms with Crippen LogP contribution >= 0.6 is 0 Å². The highest BCUT2D eigenvalue weighted by Crippen LogP contribution is 2.34. The van der Waals surface area contributed by atoms with E-state index in [1.165, 1.54) is 52.6 Å². The van der Waals surface area contributed by atoms with Crippen molar-refractivity contribution in [1.82, 2.24) is 5.32 Å². The second kappa shape index (κ2) is 6.03. The largest absolute Gasteiger partial charge is 0.310 e. The third-order valence-electron chi connectivity index (χ3n) is 4.42. The molecule has 0 radical (unpaired) electrons. The second-order valence-electron chi connectivity index (χ2n) is 6.34. The van der Waals surface area contributed by atoms with Crippen molar-refractivity contribution < 1.29 is 0 Å². The van der Waals surface area contributed by atoms with Crippen LogP contribution in [0.15, 0.2) is 36.4 Å². The van der Waals surface area contributed by atoms with Crippen LogP contribution in [0.3, 0.4) is 0 Å². The molecule has 0 heterocycles. The van der Waals surface area contributed by atoms with Crippen LogP contribution in [0.2, 0.25) is 0 Å². The molecule has 1 aliphatic carbocycles. The Hall–Kier alpha value is -1.60. The molecule has 110 valence electrons. The first kappa shape index (κ1) is 14.3. The summed E-state index contributed by atoms with van der Waals surface area (Å²) in [5, 5.41) is 3.66. The monoisotopic (exact) mass is 279 g/mol. The molecule has 3 rings (SSSR count). The molecule has 0 bridgehead atoms. The quantitative estimate of drug-likeness (QED) is 0.834. The van der Waals surface area contributed by atoms with Gasteiger partial charge in [0, 0.05) is 6.04 Å². The van der Waals surface area contributed by atoms with E-state index in [2.05, 4.69) is 62.5 Å². The summed E-state index contributed by atoms with van der Waals surface area (Å²) in [6.07, 6.45) is 3.65. The van der Waals surface area contributed by atoms with Crippen molar-refractivity contribution >= 4 is 0 Å². The average Bonchev–Trinajstić information content (AvgIpc) is 2.86. The van der Waals surface area contributed by atoms with Gasteiger partial charge in [0.1, 0.15) is 0 Å². The van der Waals surface area contributed by atoms with E-state index in [-0.39, 0.29) is 0 Å². The van der Waals surface area contributed by atoms with Crippen molar-refractivity contribution in [3.8, 4) is 11.1 Å². The third-order valence-corrected chi connectivity index (χ3v) is 4.42. The van der Waals surface area contributed by atoms with Crippen LogP contribution in [0.5, 0.6) is 0 Å². The fourth-order valence-electron chi connectivity index (χ4n) is 3.47. The van der Waals surface area contributed by atoms with E-state index in [0.717, 1.165) is 6.54 Å². The van der Waals surface area contributed by atoms with E-state index in [1.54, 1.807) is 0 Å². The molecule has 1 heteroatoms. The van der Waals surface area contributed by atoms with Crippen LogP contribution in [0.4, 0.5) is 0 Å². The maximum absolute atomic E-state index is 3.66. The fourth-order valence-corrected chi connectivity index (χ4v) is 3.47. The van der Waals surface area contributed by atoms with Crippen molar-refractivity contribution in [3.63, 3.8) is 0 Å². The molecule has 0 aromatic heterocycles. The first-order valence-corrected chi connectivity index (χ1v) is 8.12. The topological polar surface area (TPSA) is 12.0 Å². The molecule has 1 N–H and O–H groups in total. The lowest BCUT2D eigenvalue weighted by atomic mass is 9.97. The molecule has 2 aromatic rings. The van der Waals surface area contributed by atoms with Gasteiger partial charge in [-0.05, 0) is 61.9 Å². The number of nitrogens with one attached hydrogen (secondary N) is 1. The first-order valence-electron chi connectivity index (χ1n) is 8.12. The van der Waals surface area contributed by atoms with Crippen LogP contribution in [-0.2, 0) is 6.42 Å². The molecule has 1 nitrogen and oxygen atoms in total. The lowest BCUT2D eigenvalue weighted by Gasteiger charge is -2.14. The Kier molecular flexibility index (Phi) is 4.12. The normalized spacial score (nSPS) is 17.0. The molecular formula is C20H25N. The number of aryl methyl sites for hydroxylation is 3. The molecule has 1 atom stereocenters. The summed E-state index contributed by atoms with van der Waals surface area (Å²) in [7, 11) is 0. The maximum Gasteiger partial charge on any atom is 0.0326 e. The molecule has 1 unspecified atom stereocenters. The van der Waals surface area contributed by atoms with E-state index < -0.39 is 0 Å². The molecule has 2 aromatic carbocycles. The third kappa shape index (κ3) is 3.03. The Morgan fingerprint density at radius 1 is 1.00 bits per heavy atom. The van der Waals surface area contributed by atoms with Gasteiger partial charge in [-0.15, -0.1) is 0 Å². The minimum Gasteiger partial charge on any atom is -0.310 e. The van der Waals surface area contributed by atoms with Gasteiger partial charge in [-0.1, -0.05) is 54.4 Å². The molecule has 0 aliphatic heterocycles. The van der Waals surface area contributed by atoms with Gasteiger partial charge in [-0.3, -0.25) is 0 Å². The summed E-state index contributed by atoms with van der Waals surface area (Å²) >= 11 is 0. The van der Waals surface area contributed by atoms with E-state index in [9.17, 15) is 0 Å². The Labute approximate surface area is 128 Å². The molecule has 0 saturated heterocycles. The van der Waals surface area contributed by atoms with Crippen molar-refractivity contribution in [1.29, 1.82) is 0 Å². The summed E-state index contributed by atoms with van der Waals surface area (Å²) < 4.78 is 0. The summed E-state index contributed by atoms with van der Waals surface area (Å²) in [5.41, 5.74) is 8.43. The first-order chi connectivity index (χ1) is 10.2. The molecule has 0 amide bonds. The van der Waals surface area contributed by atoms with Crippen molar-refractivity contribution in [2.75, 3.05) is 6.54 Å². The van der Waals surface area contributed by atoms with Crippen LogP contribution in [0.1, 0.15) is 48.1 Å². The van der Waals surface area contributed by atoms with Crippen LogP contribution in [-0.4, -0.2) is 6.54 Å². The molecule has 0 spiro atoms. The van der Waals surface area contributed by atoms with Gasteiger partial charge in [0.15, 0.2) is 0 Å². The molecular weight excluding hydrogens is 254 g/mol. The number of hydrogen-bond acceptors (Lipinski definition) is 1. The minimum atomic E-state index is 0.563. The molecule has 21 heavy (non-hydrogen) atoms. The average molecular weight is 279 g/mol. The zero-order chi connectivity index (χ0) is 14.8. The Morgan fingerprint density at radius 3 is 2.48 bits per heavy atom. The van der Waals surface area contributed by atoms with E-state index in [4.69, 9.17) is 0 Å². The number of rotatable bonds is 4.